The highest BCUT2D eigenvalue weighted by Crippen LogP contribution is 2.33. The van der Waals surface area contributed by atoms with Crippen LogP contribution in [0, 0.1) is 5.92 Å². The molecular weight excluding hydrogens is 290 g/mol. The summed E-state index contributed by atoms with van der Waals surface area (Å²) in [6, 6.07) is 4.62. The van der Waals surface area contributed by atoms with Crippen molar-refractivity contribution in [2.45, 2.75) is 43.1 Å². The maximum atomic E-state index is 11.4. The van der Waals surface area contributed by atoms with Gasteiger partial charge in [0.1, 0.15) is 4.90 Å². The summed E-state index contributed by atoms with van der Waals surface area (Å²) in [4.78, 5) is -0.100. The molecule has 0 aliphatic heterocycles. The van der Waals surface area contributed by atoms with E-state index in [-0.39, 0.29) is 10.6 Å². The van der Waals surface area contributed by atoms with E-state index >= 15 is 0 Å². The van der Waals surface area contributed by atoms with Crippen LogP contribution in [0.25, 0.3) is 0 Å². The molecule has 0 aromatic heterocycles. The average molecular weight is 313 g/mol. The van der Waals surface area contributed by atoms with Gasteiger partial charge in [-0.15, -0.1) is 0 Å². The van der Waals surface area contributed by atoms with Crippen molar-refractivity contribution >= 4 is 21.4 Å². The van der Waals surface area contributed by atoms with Gasteiger partial charge in [0, 0.05) is 6.54 Å². The Bertz CT molecular complexity index is 618. The van der Waals surface area contributed by atoms with Gasteiger partial charge in [0.05, 0.1) is 17.0 Å². The Hall–Kier alpha value is -1.31. The van der Waals surface area contributed by atoms with Crippen LogP contribution < -0.4 is 16.2 Å². The van der Waals surface area contributed by atoms with Gasteiger partial charge in [0.25, 0.3) is 0 Å². The fraction of sp³-hybridized carbons (Fsp3) is 0.571. The molecule has 6 N–H and O–H groups in total. The summed E-state index contributed by atoms with van der Waals surface area (Å²) in [7, 11) is -3.85. The van der Waals surface area contributed by atoms with Crippen LogP contribution in [-0.2, 0) is 10.0 Å². The lowest BCUT2D eigenvalue weighted by Crippen LogP contribution is -2.41. The van der Waals surface area contributed by atoms with E-state index in [1.807, 2.05) is 0 Å². The summed E-state index contributed by atoms with van der Waals surface area (Å²) in [6.45, 7) is 2.47. The van der Waals surface area contributed by atoms with E-state index < -0.39 is 15.6 Å². The smallest absolute Gasteiger partial charge is 0.240 e. The molecule has 2 atom stereocenters. The Kier molecular flexibility index (Phi) is 4.46. The molecule has 0 bridgehead atoms. The molecule has 21 heavy (non-hydrogen) atoms. The maximum Gasteiger partial charge on any atom is 0.240 e. The number of nitrogens with one attached hydrogen (secondary N) is 1. The molecule has 118 valence electrons. The van der Waals surface area contributed by atoms with Gasteiger partial charge in [0.2, 0.25) is 10.0 Å². The number of nitrogen functional groups attached to an aromatic ring is 1. The molecule has 6 nitrogen and oxygen atoms in total. The number of benzene rings is 1. The summed E-state index contributed by atoms with van der Waals surface area (Å²) in [5.74, 6) is 0.485. The minimum Gasteiger partial charge on any atom is -0.396 e. The van der Waals surface area contributed by atoms with Crippen LogP contribution in [0.5, 0.6) is 0 Å². The lowest BCUT2D eigenvalue weighted by atomic mass is 9.79. The minimum atomic E-state index is -3.85. The van der Waals surface area contributed by atoms with Gasteiger partial charge in [-0.2, -0.15) is 0 Å². The second-order valence-corrected chi connectivity index (χ2v) is 7.57. The third-order valence-corrected chi connectivity index (χ3v) is 5.02. The molecule has 2 unspecified atom stereocenters. The molecule has 0 heterocycles. The Morgan fingerprint density at radius 3 is 2.81 bits per heavy atom. The molecule has 2 rings (SSSR count). The van der Waals surface area contributed by atoms with Crippen molar-refractivity contribution in [1.29, 1.82) is 0 Å². The molecule has 1 saturated carbocycles. The molecule has 0 saturated heterocycles. The Morgan fingerprint density at radius 1 is 1.48 bits per heavy atom. The zero-order chi connectivity index (χ0) is 15.7. The third kappa shape index (κ3) is 3.87. The van der Waals surface area contributed by atoms with Crippen molar-refractivity contribution in [2.24, 2.45) is 11.1 Å². The number of primary sulfonamides is 1. The highest BCUT2D eigenvalue weighted by molar-refractivity contribution is 7.89. The van der Waals surface area contributed by atoms with E-state index in [1.54, 1.807) is 12.1 Å². The monoisotopic (exact) mass is 313 g/mol. The predicted octanol–water partition coefficient (Wildman–Crippen LogP) is 1.27. The van der Waals surface area contributed by atoms with E-state index in [2.05, 4.69) is 12.2 Å². The Balaban J connectivity index is 2.14. The van der Waals surface area contributed by atoms with Crippen molar-refractivity contribution in [2.75, 3.05) is 17.6 Å². The maximum absolute atomic E-state index is 11.4. The van der Waals surface area contributed by atoms with Crippen molar-refractivity contribution < 1.29 is 13.5 Å². The molecular formula is C14H23N3O3S. The standard InChI is InChI=1S/C14H23N3O3S/c1-10-4-3-7-14(18,8-10)9-17-11-5-2-6-12(13(11)15)21(16,19)20/h2,5-6,10,17-18H,3-4,7-9,15H2,1H3,(H2,16,19,20). The molecule has 1 aliphatic rings. The molecule has 0 radical (unpaired) electrons. The second-order valence-electron chi connectivity index (χ2n) is 6.04. The van der Waals surface area contributed by atoms with Crippen LogP contribution in [0.4, 0.5) is 11.4 Å². The largest absolute Gasteiger partial charge is 0.396 e. The summed E-state index contributed by atoms with van der Waals surface area (Å²) >= 11 is 0. The van der Waals surface area contributed by atoms with Gasteiger partial charge in [0.15, 0.2) is 0 Å². The van der Waals surface area contributed by atoms with Crippen LogP contribution in [0.1, 0.15) is 32.6 Å². The number of rotatable bonds is 4. The predicted molar refractivity (Wildman–Crippen MR) is 83.3 cm³/mol. The first-order valence-corrected chi connectivity index (χ1v) is 8.63. The van der Waals surface area contributed by atoms with E-state index in [0.717, 1.165) is 25.7 Å². The number of aliphatic hydroxyl groups is 1. The van der Waals surface area contributed by atoms with E-state index in [1.165, 1.54) is 6.07 Å². The number of nitrogens with two attached hydrogens (primary N) is 2. The first kappa shape index (κ1) is 16.1. The molecule has 0 spiro atoms. The number of sulfonamides is 1. The highest BCUT2D eigenvalue weighted by atomic mass is 32.2. The van der Waals surface area contributed by atoms with Crippen LogP contribution in [0.2, 0.25) is 0 Å². The van der Waals surface area contributed by atoms with Gasteiger partial charge in [-0.3, -0.25) is 0 Å². The van der Waals surface area contributed by atoms with Crippen molar-refractivity contribution in [1.82, 2.24) is 0 Å². The zero-order valence-electron chi connectivity index (χ0n) is 12.2. The summed E-state index contributed by atoms with van der Waals surface area (Å²) in [6.07, 6.45) is 3.59. The number of hydrogen-bond acceptors (Lipinski definition) is 5. The van der Waals surface area contributed by atoms with Gasteiger partial charge in [-0.1, -0.05) is 25.8 Å². The Morgan fingerprint density at radius 2 is 2.19 bits per heavy atom. The van der Waals surface area contributed by atoms with E-state index in [9.17, 15) is 13.5 Å². The minimum absolute atomic E-state index is 0.0902. The lowest BCUT2D eigenvalue weighted by Gasteiger charge is -2.36. The summed E-state index contributed by atoms with van der Waals surface area (Å²) in [5, 5.41) is 18.8. The molecule has 1 aromatic rings. The number of anilines is 2. The first-order valence-electron chi connectivity index (χ1n) is 7.09. The zero-order valence-corrected chi connectivity index (χ0v) is 13.0. The van der Waals surface area contributed by atoms with Crippen molar-refractivity contribution in [3.8, 4) is 0 Å². The molecule has 1 fully saturated rings. The molecule has 7 heteroatoms. The van der Waals surface area contributed by atoms with Gasteiger partial charge in [-0.25, -0.2) is 13.6 Å². The summed E-state index contributed by atoms with van der Waals surface area (Å²) in [5.41, 5.74) is 5.65. The van der Waals surface area contributed by atoms with Gasteiger partial charge >= 0.3 is 0 Å². The van der Waals surface area contributed by atoms with E-state index in [0.29, 0.717) is 18.2 Å². The SMILES string of the molecule is CC1CCCC(O)(CNc2cccc(S(N)(=O)=O)c2N)C1. The van der Waals surface area contributed by atoms with Crippen molar-refractivity contribution in [3.05, 3.63) is 18.2 Å². The molecule has 0 amide bonds. The Labute approximate surface area is 125 Å². The summed E-state index contributed by atoms with van der Waals surface area (Å²) < 4.78 is 22.9. The number of para-hydroxylation sites is 1. The first-order chi connectivity index (χ1) is 9.71. The molecule has 1 aromatic carbocycles. The number of hydrogen-bond donors (Lipinski definition) is 4. The quantitative estimate of drug-likeness (QED) is 0.624. The fourth-order valence-electron chi connectivity index (χ4n) is 3.00. The van der Waals surface area contributed by atoms with Crippen LogP contribution in [0.3, 0.4) is 0 Å². The van der Waals surface area contributed by atoms with Crippen LogP contribution >= 0.6 is 0 Å². The normalized spacial score (nSPS) is 26.5. The second kappa shape index (κ2) is 5.82. The van der Waals surface area contributed by atoms with Gasteiger partial charge in [-0.05, 0) is 30.9 Å². The highest BCUT2D eigenvalue weighted by Gasteiger charge is 2.32. The third-order valence-electron chi connectivity index (χ3n) is 4.05. The average Bonchev–Trinajstić information content (AvgIpc) is 2.36. The fourth-order valence-corrected chi connectivity index (χ4v) is 3.68. The van der Waals surface area contributed by atoms with E-state index in [4.69, 9.17) is 10.9 Å². The lowest BCUT2D eigenvalue weighted by molar-refractivity contribution is -0.000749. The topological polar surface area (TPSA) is 118 Å². The van der Waals surface area contributed by atoms with Crippen molar-refractivity contribution in [3.63, 3.8) is 0 Å². The van der Waals surface area contributed by atoms with Crippen LogP contribution in [-0.4, -0.2) is 25.7 Å². The van der Waals surface area contributed by atoms with Crippen LogP contribution in [0.15, 0.2) is 23.1 Å². The molecule has 1 aliphatic carbocycles. The van der Waals surface area contributed by atoms with Gasteiger partial charge < -0.3 is 16.2 Å².